The molecule has 0 saturated carbocycles. The van der Waals surface area contributed by atoms with Crippen LogP contribution in [-0.4, -0.2) is 60.1 Å². The van der Waals surface area contributed by atoms with E-state index in [1.807, 2.05) is 22.9 Å². The van der Waals surface area contributed by atoms with E-state index in [0.717, 1.165) is 68.7 Å². The number of aromatic nitrogens is 3. The number of hydrogen-bond acceptors (Lipinski definition) is 8. The Bertz CT molecular complexity index is 902. The Labute approximate surface area is 200 Å². The van der Waals surface area contributed by atoms with Crippen molar-refractivity contribution in [2.45, 2.75) is 63.9 Å². The summed E-state index contributed by atoms with van der Waals surface area (Å²) in [5, 5.41) is 4.45. The molecule has 1 atom stereocenters. The van der Waals surface area contributed by atoms with Gasteiger partial charge < -0.3 is 23.7 Å². The SMILES string of the molecule is COC(=O)C1(C)OCC(CCCCCOc2ccc(-c3ccnn3C3CCCCO3)nc2)CO1. The second-order valence-corrected chi connectivity index (χ2v) is 8.98. The highest BCUT2D eigenvalue weighted by molar-refractivity contribution is 5.77. The maximum absolute atomic E-state index is 11.7. The maximum Gasteiger partial charge on any atom is 0.366 e. The first-order valence-corrected chi connectivity index (χ1v) is 12.2. The highest BCUT2D eigenvalue weighted by Gasteiger charge is 2.41. The monoisotopic (exact) mass is 473 g/mol. The van der Waals surface area contributed by atoms with Gasteiger partial charge in [0.15, 0.2) is 6.23 Å². The van der Waals surface area contributed by atoms with Crippen molar-refractivity contribution in [1.29, 1.82) is 0 Å². The molecule has 4 rings (SSSR count). The van der Waals surface area contributed by atoms with Crippen molar-refractivity contribution in [3.8, 4) is 17.1 Å². The van der Waals surface area contributed by atoms with Crippen molar-refractivity contribution in [3.05, 3.63) is 30.6 Å². The van der Waals surface area contributed by atoms with Gasteiger partial charge in [0, 0.05) is 25.6 Å². The molecule has 2 fully saturated rings. The van der Waals surface area contributed by atoms with E-state index in [2.05, 4.69) is 10.1 Å². The van der Waals surface area contributed by atoms with Gasteiger partial charge in [0.1, 0.15) is 5.75 Å². The molecule has 0 radical (unpaired) electrons. The number of pyridine rings is 1. The number of nitrogens with zero attached hydrogens (tertiary/aromatic N) is 3. The number of hydrogen-bond donors (Lipinski definition) is 0. The minimum Gasteiger partial charge on any atom is -0.492 e. The quantitative estimate of drug-likeness (QED) is 0.375. The van der Waals surface area contributed by atoms with Crippen LogP contribution in [0.2, 0.25) is 0 Å². The average Bonchev–Trinajstić information content (AvgIpc) is 3.38. The summed E-state index contributed by atoms with van der Waals surface area (Å²) in [6, 6.07) is 5.90. The Hall–Kier alpha value is -2.49. The van der Waals surface area contributed by atoms with Crippen LogP contribution in [0.15, 0.2) is 30.6 Å². The van der Waals surface area contributed by atoms with Gasteiger partial charge in [0.25, 0.3) is 5.79 Å². The van der Waals surface area contributed by atoms with Gasteiger partial charge >= 0.3 is 5.97 Å². The summed E-state index contributed by atoms with van der Waals surface area (Å²) in [5.74, 6) is -0.705. The Kier molecular flexibility index (Phi) is 8.53. The maximum atomic E-state index is 11.7. The molecule has 2 aliphatic rings. The lowest BCUT2D eigenvalue weighted by atomic mass is 10.0. The van der Waals surface area contributed by atoms with Crippen LogP contribution in [-0.2, 0) is 23.7 Å². The number of ether oxygens (including phenoxy) is 5. The smallest absolute Gasteiger partial charge is 0.366 e. The zero-order valence-corrected chi connectivity index (χ0v) is 20.1. The number of carbonyl (C=O) groups is 1. The Balaban J connectivity index is 1.14. The Morgan fingerprint density at radius 1 is 1.18 bits per heavy atom. The Morgan fingerprint density at radius 3 is 2.74 bits per heavy atom. The van der Waals surface area contributed by atoms with Crippen LogP contribution >= 0.6 is 0 Å². The predicted octanol–water partition coefficient (Wildman–Crippen LogP) is 4.14. The second-order valence-electron chi connectivity index (χ2n) is 8.98. The predicted molar refractivity (Wildman–Crippen MR) is 124 cm³/mol. The van der Waals surface area contributed by atoms with E-state index in [9.17, 15) is 4.79 Å². The molecule has 0 bridgehead atoms. The minimum atomic E-state index is -1.27. The van der Waals surface area contributed by atoms with E-state index in [1.54, 1.807) is 19.3 Å². The third-order valence-electron chi connectivity index (χ3n) is 6.37. The number of methoxy groups -OCH3 is 1. The van der Waals surface area contributed by atoms with E-state index in [1.165, 1.54) is 7.11 Å². The molecule has 4 heterocycles. The molecule has 0 aliphatic carbocycles. The topological polar surface area (TPSA) is 93.9 Å². The molecule has 186 valence electrons. The zero-order chi connectivity index (χ0) is 23.8. The van der Waals surface area contributed by atoms with Crippen LogP contribution in [0, 0.1) is 5.92 Å². The van der Waals surface area contributed by atoms with Gasteiger partial charge in [-0.1, -0.05) is 12.8 Å². The summed E-state index contributed by atoms with van der Waals surface area (Å²) >= 11 is 0. The zero-order valence-electron chi connectivity index (χ0n) is 20.1. The minimum absolute atomic E-state index is 0.0134. The van der Waals surface area contributed by atoms with Crippen LogP contribution in [0.3, 0.4) is 0 Å². The lowest BCUT2D eigenvalue weighted by Crippen LogP contribution is -2.48. The van der Waals surface area contributed by atoms with Crippen molar-refractivity contribution >= 4 is 5.97 Å². The summed E-state index contributed by atoms with van der Waals surface area (Å²) in [7, 11) is 1.34. The lowest BCUT2D eigenvalue weighted by molar-refractivity contribution is -0.272. The third kappa shape index (κ3) is 6.14. The first kappa shape index (κ1) is 24.6. The first-order valence-electron chi connectivity index (χ1n) is 12.2. The van der Waals surface area contributed by atoms with Gasteiger partial charge in [0.2, 0.25) is 0 Å². The van der Waals surface area contributed by atoms with Crippen LogP contribution in [0.1, 0.15) is 58.1 Å². The number of carbonyl (C=O) groups excluding carboxylic acids is 1. The summed E-state index contributed by atoms with van der Waals surface area (Å²) < 4.78 is 29.6. The van der Waals surface area contributed by atoms with Crippen molar-refractivity contribution in [2.75, 3.05) is 33.5 Å². The number of esters is 1. The van der Waals surface area contributed by atoms with Gasteiger partial charge in [-0.05, 0) is 50.3 Å². The van der Waals surface area contributed by atoms with Gasteiger partial charge in [-0.25, -0.2) is 9.48 Å². The van der Waals surface area contributed by atoms with E-state index in [0.29, 0.717) is 25.7 Å². The normalized spacial score (nSPS) is 25.1. The van der Waals surface area contributed by atoms with Crippen LogP contribution in [0.4, 0.5) is 0 Å². The average molecular weight is 474 g/mol. The van der Waals surface area contributed by atoms with Gasteiger partial charge in [0.05, 0.1) is 44.5 Å². The molecule has 2 aromatic rings. The molecule has 0 N–H and O–H groups in total. The summed E-state index contributed by atoms with van der Waals surface area (Å²) in [6.45, 7) is 4.04. The van der Waals surface area contributed by atoms with Gasteiger partial charge in [-0.3, -0.25) is 4.98 Å². The molecule has 0 aromatic carbocycles. The number of unbranched alkanes of at least 4 members (excludes halogenated alkanes) is 2. The van der Waals surface area contributed by atoms with Crippen LogP contribution in [0.25, 0.3) is 11.4 Å². The van der Waals surface area contributed by atoms with Gasteiger partial charge in [-0.2, -0.15) is 5.10 Å². The molecule has 1 unspecified atom stereocenters. The Morgan fingerprint density at radius 2 is 2.03 bits per heavy atom. The highest BCUT2D eigenvalue weighted by Crippen LogP contribution is 2.28. The van der Waals surface area contributed by atoms with Gasteiger partial charge in [-0.15, -0.1) is 0 Å². The van der Waals surface area contributed by atoms with Crippen molar-refractivity contribution in [2.24, 2.45) is 5.92 Å². The molecular formula is C25H35N3O6. The van der Waals surface area contributed by atoms with E-state index >= 15 is 0 Å². The standard InChI is InChI=1S/C25H35N3O6/c1-25(24(29)30-2)33-17-19(18-34-25)8-4-3-6-14-31-20-10-11-21(26-16-20)22-12-13-27-28(22)23-9-5-7-15-32-23/h10-13,16,19,23H,3-9,14-15,17-18H2,1-2H3. The fourth-order valence-electron chi connectivity index (χ4n) is 4.30. The molecule has 2 saturated heterocycles. The molecule has 0 amide bonds. The molecule has 9 heteroatoms. The lowest BCUT2D eigenvalue weighted by Gasteiger charge is -2.35. The summed E-state index contributed by atoms with van der Waals surface area (Å²) in [5.41, 5.74) is 1.82. The first-order chi connectivity index (χ1) is 16.6. The van der Waals surface area contributed by atoms with E-state index < -0.39 is 11.8 Å². The van der Waals surface area contributed by atoms with Crippen LogP contribution < -0.4 is 4.74 Å². The fraction of sp³-hybridized carbons (Fsp3) is 0.640. The van der Waals surface area contributed by atoms with Crippen molar-refractivity contribution < 1.29 is 28.5 Å². The molecule has 2 aliphatic heterocycles. The van der Waals surface area contributed by atoms with E-state index in [-0.39, 0.29) is 6.23 Å². The molecule has 34 heavy (non-hydrogen) atoms. The molecule has 0 spiro atoms. The second kappa shape index (κ2) is 11.8. The van der Waals surface area contributed by atoms with E-state index in [4.69, 9.17) is 23.7 Å². The van der Waals surface area contributed by atoms with Crippen LogP contribution in [0.5, 0.6) is 5.75 Å². The fourth-order valence-corrected chi connectivity index (χ4v) is 4.30. The number of rotatable bonds is 10. The molecule has 9 nitrogen and oxygen atoms in total. The van der Waals surface area contributed by atoms with Crippen molar-refractivity contribution in [3.63, 3.8) is 0 Å². The largest absolute Gasteiger partial charge is 0.492 e. The molecular weight excluding hydrogens is 438 g/mol. The van der Waals surface area contributed by atoms with Crippen molar-refractivity contribution in [1.82, 2.24) is 14.8 Å². The molecule has 2 aromatic heterocycles. The summed E-state index contributed by atoms with van der Waals surface area (Å²) in [4.78, 5) is 16.3. The third-order valence-corrected chi connectivity index (χ3v) is 6.37. The highest BCUT2D eigenvalue weighted by atomic mass is 16.7. The summed E-state index contributed by atoms with van der Waals surface area (Å²) in [6.07, 6.45) is 10.8.